The maximum atomic E-state index is 12.3. The molecule has 148 valence electrons. The van der Waals surface area contributed by atoms with Crippen LogP contribution in [0.3, 0.4) is 0 Å². The summed E-state index contributed by atoms with van der Waals surface area (Å²) in [5.41, 5.74) is -0.692. The van der Waals surface area contributed by atoms with E-state index in [0.29, 0.717) is 11.3 Å². The highest BCUT2D eigenvalue weighted by Gasteiger charge is 2.45. The molecule has 0 saturated carbocycles. The summed E-state index contributed by atoms with van der Waals surface area (Å²) in [5.74, 6) is 6.25. The highest BCUT2D eigenvalue weighted by molar-refractivity contribution is 5.43. The summed E-state index contributed by atoms with van der Waals surface area (Å²) in [7, 11) is 2.91. The second-order valence-electron chi connectivity index (χ2n) is 6.13. The average molecular weight is 388 g/mol. The van der Waals surface area contributed by atoms with Crippen molar-refractivity contribution in [1.82, 2.24) is 9.55 Å². The van der Waals surface area contributed by atoms with Crippen LogP contribution in [0.15, 0.2) is 40.1 Å². The molecular formula is C19H20N2O7. The van der Waals surface area contributed by atoms with Crippen LogP contribution in [0.25, 0.3) is 0 Å². The number of aliphatic hydroxyl groups excluding tert-OH is 2. The Labute approximate surface area is 160 Å². The number of benzene rings is 1. The van der Waals surface area contributed by atoms with Gasteiger partial charge in [-0.15, -0.1) is 0 Å². The van der Waals surface area contributed by atoms with Crippen molar-refractivity contribution in [3.63, 3.8) is 0 Å². The van der Waals surface area contributed by atoms with Gasteiger partial charge in [0.15, 0.2) is 6.23 Å². The van der Waals surface area contributed by atoms with Crippen LogP contribution < -0.4 is 16.0 Å². The van der Waals surface area contributed by atoms with Crippen molar-refractivity contribution in [2.45, 2.75) is 24.5 Å². The molecule has 28 heavy (non-hydrogen) atoms. The van der Waals surface area contributed by atoms with Crippen LogP contribution in [-0.2, 0) is 9.47 Å². The Hall–Kier alpha value is -2.90. The molecule has 1 aliphatic rings. The van der Waals surface area contributed by atoms with Gasteiger partial charge in [-0.25, -0.2) is 4.79 Å². The lowest BCUT2D eigenvalue weighted by atomic mass is 10.1. The smallest absolute Gasteiger partial charge is 0.330 e. The van der Waals surface area contributed by atoms with Crippen molar-refractivity contribution in [1.29, 1.82) is 0 Å². The van der Waals surface area contributed by atoms with Crippen molar-refractivity contribution in [3.8, 4) is 17.6 Å². The Morgan fingerprint density at radius 1 is 1.21 bits per heavy atom. The van der Waals surface area contributed by atoms with Crippen LogP contribution in [-0.4, -0.2) is 58.9 Å². The normalized spacial score (nSPS) is 23.9. The Morgan fingerprint density at radius 2 is 1.93 bits per heavy atom. The first kappa shape index (κ1) is 19.9. The molecule has 1 fully saturated rings. The van der Waals surface area contributed by atoms with Gasteiger partial charge in [0.05, 0.1) is 13.7 Å². The van der Waals surface area contributed by atoms with Crippen LogP contribution in [0.1, 0.15) is 17.4 Å². The Bertz CT molecular complexity index is 1000. The summed E-state index contributed by atoms with van der Waals surface area (Å²) in [6, 6.07) is 6.95. The first-order valence-electron chi connectivity index (χ1n) is 8.47. The molecule has 9 heteroatoms. The summed E-state index contributed by atoms with van der Waals surface area (Å²) in [5, 5.41) is 19.5. The van der Waals surface area contributed by atoms with Gasteiger partial charge >= 0.3 is 5.69 Å². The molecule has 1 aliphatic heterocycles. The molecule has 4 atom stereocenters. The summed E-state index contributed by atoms with van der Waals surface area (Å²) in [6.07, 6.45) is -2.72. The number of nitrogens with zero attached hydrogens (tertiary/aromatic N) is 1. The molecule has 0 spiro atoms. The number of methoxy groups -OCH3 is 2. The standard InChI is InChI=1S/C19H20N2O7/c1-26-13-7-4-11(5-8-13)3-6-12-9-21(19(25)20-17(12)24)18-16(27-2)15(23)14(10-22)28-18/h4-5,7-9,14-16,18,22-23H,10H2,1-2H3,(H,20,24,25)/t14-,15-,16-,18-/m1/s1. The van der Waals surface area contributed by atoms with Gasteiger partial charge in [-0.2, -0.15) is 0 Å². The molecule has 1 aromatic carbocycles. The predicted octanol–water partition coefficient (Wildman–Crippen LogP) is -0.789. The minimum atomic E-state index is -1.13. The zero-order valence-corrected chi connectivity index (χ0v) is 15.3. The molecule has 2 heterocycles. The van der Waals surface area contributed by atoms with Crippen LogP contribution in [0.4, 0.5) is 0 Å². The zero-order valence-electron chi connectivity index (χ0n) is 15.3. The lowest BCUT2D eigenvalue weighted by Crippen LogP contribution is -2.39. The number of aromatic nitrogens is 2. The fourth-order valence-electron chi connectivity index (χ4n) is 2.93. The fraction of sp³-hybridized carbons (Fsp3) is 0.368. The number of H-pyrrole nitrogens is 1. The SMILES string of the molecule is COc1ccc(C#Cc2cn([C@@H]3O[C@H](CO)[C@@H](O)[C@H]3OC)c(=O)[nH]c2=O)cc1. The highest BCUT2D eigenvalue weighted by Crippen LogP contribution is 2.30. The molecule has 3 N–H and O–H groups in total. The molecule has 0 radical (unpaired) electrons. The van der Waals surface area contributed by atoms with Crippen LogP contribution in [0.5, 0.6) is 5.75 Å². The van der Waals surface area contributed by atoms with Crippen molar-refractivity contribution < 1.29 is 24.4 Å². The van der Waals surface area contributed by atoms with Gasteiger partial charge in [0.2, 0.25) is 0 Å². The second kappa shape index (κ2) is 8.41. The number of hydrogen-bond donors (Lipinski definition) is 3. The van der Waals surface area contributed by atoms with Gasteiger partial charge in [0.25, 0.3) is 5.56 Å². The molecular weight excluding hydrogens is 368 g/mol. The van der Waals surface area contributed by atoms with E-state index in [1.807, 2.05) is 0 Å². The molecule has 1 saturated heterocycles. The predicted molar refractivity (Wildman–Crippen MR) is 98.1 cm³/mol. The highest BCUT2D eigenvalue weighted by atomic mass is 16.6. The third-order valence-corrected chi connectivity index (χ3v) is 4.44. The van der Waals surface area contributed by atoms with E-state index in [-0.39, 0.29) is 5.56 Å². The average Bonchev–Trinajstić information content (AvgIpc) is 3.03. The topological polar surface area (TPSA) is 123 Å². The largest absolute Gasteiger partial charge is 0.497 e. The fourth-order valence-corrected chi connectivity index (χ4v) is 2.93. The summed E-state index contributed by atoms with van der Waals surface area (Å²) in [6.45, 7) is -0.445. The van der Waals surface area contributed by atoms with Crippen LogP contribution in [0, 0.1) is 11.8 Å². The molecule has 0 aliphatic carbocycles. The van der Waals surface area contributed by atoms with E-state index < -0.39 is 42.4 Å². The number of hydrogen-bond acceptors (Lipinski definition) is 7. The van der Waals surface area contributed by atoms with E-state index in [1.165, 1.54) is 13.3 Å². The molecule has 1 aromatic heterocycles. The number of rotatable bonds is 4. The maximum absolute atomic E-state index is 12.3. The lowest BCUT2D eigenvalue weighted by molar-refractivity contribution is -0.0625. The van der Waals surface area contributed by atoms with E-state index in [9.17, 15) is 19.8 Å². The third kappa shape index (κ3) is 3.85. The summed E-state index contributed by atoms with van der Waals surface area (Å²) < 4.78 is 16.9. The number of ether oxygens (including phenoxy) is 3. The van der Waals surface area contributed by atoms with Gasteiger partial charge in [0, 0.05) is 18.9 Å². The van der Waals surface area contributed by atoms with Gasteiger partial charge in [-0.3, -0.25) is 14.3 Å². The van der Waals surface area contributed by atoms with Crippen molar-refractivity contribution in [2.24, 2.45) is 0 Å². The number of aliphatic hydroxyl groups is 2. The van der Waals surface area contributed by atoms with Gasteiger partial charge < -0.3 is 24.4 Å². The van der Waals surface area contributed by atoms with Gasteiger partial charge in [0.1, 0.15) is 29.6 Å². The van der Waals surface area contributed by atoms with E-state index in [2.05, 4.69) is 16.8 Å². The van der Waals surface area contributed by atoms with Crippen molar-refractivity contribution in [2.75, 3.05) is 20.8 Å². The first-order valence-corrected chi connectivity index (χ1v) is 8.47. The Kier molecular flexibility index (Phi) is 5.96. The minimum Gasteiger partial charge on any atom is -0.497 e. The van der Waals surface area contributed by atoms with Gasteiger partial charge in [-0.05, 0) is 24.3 Å². The minimum absolute atomic E-state index is 0.0378. The maximum Gasteiger partial charge on any atom is 0.330 e. The van der Waals surface area contributed by atoms with E-state index in [1.54, 1.807) is 31.4 Å². The Balaban J connectivity index is 1.96. The quantitative estimate of drug-likeness (QED) is 0.587. The molecule has 3 rings (SSSR count). The second-order valence-corrected chi connectivity index (χ2v) is 6.13. The summed E-state index contributed by atoms with van der Waals surface area (Å²) in [4.78, 5) is 26.5. The molecule has 0 unspecified atom stereocenters. The first-order chi connectivity index (χ1) is 13.5. The molecule has 0 amide bonds. The van der Waals surface area contributed by atoms with Crippen LogP contribution >= 0.6 is 0 Å². The van der Waals surface area contributed by atoms with E-state index >= 15 is 0 Å². The molecule has 2 aromatic rings. The van der Waals surface area contributed by atoms with Gasteiger partial charge in [-0.1, -0.05) is 11.8 Å². The monoisotopic (exact) mass is 388 g/mol. The van der Waals surface area contributed by atoms with Crippen molar-refractivity contribution >= 4 is 0 Å². The number of aromatic amines is 1. The Morgan fingerprint density at radius 3 is 2.54 bits per heavy atom. The van der Waals surface area contributed by atoms with E-state index in [0.717, 1.165) is 4.57 Å². The van der Waals surface area contributed by atoms with Crippen molar-refractivity contribution in [3.05, 3.63) is 62.4 Å². The third-order valence-electron chi connectivity index (χ3n) is 4.44. The zero-order chi connectivity index (χ0) is 20.3. The molecule has 0 bridgehead atoms. The lowest BCUT2D eigenvalue weighted by Gasteiger charge is -2.20. The van der Waals surface area contributed by atoms with E-state index in [4.69, 9.17) is 14.2 Å². The summed E-state index contributed by atoms with van der Waals surface area (Å²) >= 11 is 0. The van der Waals surface area contributed by atoms with Crippen LogP contribution in [0.2, 0.25) is 0 Å². The molecule has 9 nitrogen and oxygen atoms in total. The number of nitrogens with one attached hydrogen (secondary N) is 1.